The SMILES string of the molecule is CCN(CC)CC(O)CNC1CNC(=O)C1. The van der Waals surface area contributed by atoms with Crippen LogP contribution in [0.2, 0.25) is 0 Å². The van der Waals surface area contributed by atoms with Gasteiger partial charge in [0.1, 0.15) is 0 Å². The number of nitrogens with zero attached hydrogens (tertiary/aromatic N) is 1. The van der Waals surface area contributed by atoms with E-state index in [9.17, 15) is 9.90 Å². The number of carbonyl (C=O) groups is 1. The number of rotatable bonds is 7. The van der Waals surface area contributed by atoms with Crippen molar-refractivity contribution in [3.63, 3.8) is 0 Å². The summed E-state index contributed by atoms with van der Waals surface area (Å²) in [6.07, 6.45) is 0.161. The summed E-state index contributed by atoms with van der Waals surface area (Å²) in [6, 6.07) is 0.179. The Morgan fingerprint density at radius 3 is 2.75 bits per heavy atom. The molecule has 5 nitrogen and oxygen atoms in total. The molecule has 0 aromatic heterocycles. The molecule has 1 heterocycles. The zero-order valence-electron chi connectivity index (χ0n) is 10.2. The summed E-state index contributed by atoms with van der Waals surface area (Å²) in [6.45, 7) is 8.00. The minimum Gasteiger partial charge on any atom is -0.390 e. The molecule has 0 saturated carbocycles. The molecular weight excluding hydrogens is 206 g/mol. The summed E-state index contributed by atoms with van der Waals surface area (Å²) >= 11 is 0. The number of carbonyl (C=O) groups excluding carboxylic acids is 1. The van der Waals surface area contributed by atoms with Crippen LogP contribution in [0.4, 0.5) is 0 Å². The number of likely N-dealkylation sites (N-methyl/N-ethyl adjacent to an activating group) is 1. The van der Waals surface area contributed by atoms with E-state index in [4.69, 9.17) is 0 Å². The van der Waals surface area contributed by atoms with E-state index in [0.29, 0.717) is 26.1 Å². The molecule has 0 aromatic carbocycles. The number of hydrogen-bond acceptors (Lipinski definition) is 4. The minimum absolute atomic E-state index is 0.0933. The first-order valence-corrected chi connectivity index (χ1v) is 6.06. The third-order valence-corrected chi connectivity index (χ3v) is 2.98. The van der Waals surface area contributed by atoms with Crippen LogP contribution in [0.3, 0.4) is 0 Å². The lowest BCUT2D eigenvalue weighted by molar-refractivity contribution is -0.119. The van der Waals surface area contributed by atoms with Crippen molar-refractivity contribution in [2.24, 2.45) is 0 Å². The van der Waals surface area contributed by atoms with Crippen molar-refractivity contribution in [2.45, 2.75) is 32.4 Å². The molecule has 1 amide bonds. The van der Waals surface area contributed by atoms with Crippen LogP contribution in [0.25, 0.3) is 0 Å². The molecule has 0 radical (unpaired) electrons. The van der Waals surface area contributed by atoms with Crippen molar-refractivity contribution >= 4 is 5.91 Å². The normalized spacial score (nSPS) is 22.5. The molecule has 0 bridgehead atoms. The third-order valence-electron chi connectivity index (χ3n) is 2.98. The summed E-state index contributed by atoms with van der Waals surface area (Å²) in [4.78, 5) is 13.1. The Morgan fingerprint density at radius 1 is 1.56 bits per heavy atom. The van der Waals surface area contributed by atoms with Crippen LogP contribution >= 0.6 is 0 Å². The summed E-state index contributed by atoms with van der Waals surface area (Å²) in [7, 11) is 0. The molecule has 2 atom stereocenters. The van der Waals surface area contributed by atoms with Gasteiger partial charge < -0.3 is 20.6 Å². The summed E-state index contributed by atoms with van der Waals surface area (Å²) in [5.41, 5.74) is 0. The van der Waals surface area contributed by atoms with Gasteiger partial charge in [0.05, 0.1) is 6.10 Å². The summed E-state index contributed by atoms with van der Waals surface area (Å²) in [5.74, 6) is 0.0933. The van der Waals surface area contributed by atoms with Gasteiger partial charge in [0, 0.05) is 32.1 Å². The Morgan fingerprint density at radius 2 is 2.25 bits per heavy atom. The van der Waals surface area contributed by atoms with Gasteiger partial charge in [0.25, 0.3) is 0 Å². The molecule has 3 N–H and O–H groups in total. The molecule has 5 heteroatoms. The highest BCUT2D eigenvalue weighted by Gasteiger charge is 2.21. The second kappa shape index (κ2) is 6.83. The highest BCUT2D eigenvalue weighted by molar-refractivity contribution is 5.78. The smallest absolute Gasteiger partial charge is 0.221 e. The number of aliphatic hydroxyl groups is 1. The van der Waals surface area contributed by atoms with Crippen LogP contribution in [-0.2, 0) is 4.79 Å². The average Bonchev–Trinajstić information content (AvgIpc) is 2.69. The fraction of sp³-hybridized carbons (Fsp3) is 0.909. The van der Waals surface area contributed by atoms with E-state index in [1.165, 1.54) is 0 Å². The molecule has 94 valence electrons. The van der Waals surface area contributed by atoms with E-state index in [-0.39, 0.29) is 18.1 Å². The van der Waals surface area contributed by atoms with E-state index < -0.39 is 0 Å². The largest absolute Gasteiger partial charge is 0.390 e. The fourth-order valence-corrected chi connectivity index (χ4v) is 1.90. The molecule has 1 aliphatic heterocycles. The average molecular weight is 229 g/mol. The maximum Gasteiger partial charge on any atom is 0.221 e. The van der Waals surface area contributed by atoms with E-state index >= 15 is 0 Å². The van der Waals surface area contributed by atoms with Gasteiger partial charge in [-0.25, -0.2) is 0 Å². The molecule has 2 unspecified atom stereocenters. The third kappa shape index (κ3) is 4.47. The molecule has 1 rings (SSSR count). The van der Waals surface area contributed by atoms with Gasteiger partial charge >= 0.3 is 0 Å². The molecule has 16 heavy (non-hydrogen) atoms. The van der Waals surface area contributed by atoms with Crippen LogP contribution < -0.4 is 10.6 Å². The quantitative estimate of drug-likeness (QED) is 0.533. The number of amides is 1. The van der Waals surface area contributed by atoms with Crippen molar-refractivity contribution in [3.8, 4) is 0 Å². The van der Waals surface area contributed by atoms with Gasteiger partial charge in [-0.15, -0.1) is 0 Å². The first kappa shape index (κ1) is 13.4. The Balaban J connectivity index is 2.14. The van der Waals surface area contributed by atoms with Crippen LogP contribution in [0.1, 0.15) is 20.3 Å². The second-order valence-corrected chi connectivity index (χ2v) is 4.25. The maximum atomic E-state index is 10.9. The van der Waals surface area contributed by atoms with Crippen molar-refractivity contribution in [3.05, 3.63) is 0 Å². The molecular formula is C11H23N3O2. The van der Waals surface area contributed by atoms with Crippen LogP contribution in [-0.4, -0.2) is 60.8 Å². The van der Waals surface area contributed by atoms with Crippen molar-refractivity contribution in [2.75, 3.05) is 32.7 Å². The lowest BCUT2D eigenvalue weighted by atomic mass is 10.2. The monoisotopic (exact) mass is 229 g/mol. The first-order chi connectivity index (χ1) is 7.65. The van der Waals surface area contributed by atoms with Crippen molar-refractivity contribution < 1.29 is 9.90 Å². The highest BCUT2D eigenvalue weighted by Crippen LogP contribution is 1.99. The Kier molecular flexibility index (Phi) is 5.73. The van der Waals surface area contributed by atoms with Crippen LogP contribution in [0, 0.1) is 0 Å². The zero-order chi connectivity index (χ0) is 12.0. The molecule has 0 aliphatic carbocycles. The lowest BCUT2D eigenvalue weighted by Gasteiger charge is -2.23. The van der Waals surface area contributed by atoms with Crippen molar-refractivity contribution in [1.82, 2.24) is 15.5 Å². The zero-order valence-corrected chi connectivity index (χ0v) is 10.2. The van der Waals surface area contributed by atoms with Crippen LogP contribution in [0.15, 0.2) is 0 Å². The maximum absolute atomic E-state index is 10.9. The molecule has 1 saturated heterocycles. The van der Waals surface area contributed by atoms with E-state index in [0.717, 1.165) is 13.1 Å². The standard InChI is InChI=1S/C11H23N3O2/c1-3-14(4-2)8-10(15)7-12-9-5-11(16)13-6-9/h9-10,12,15H,3-8H2,1-2H3,(H,13,16). The van der Waals surface area contributed by atoms with Gasteiger partial charge in [0.2, 0.25) is 5.91 Å². The Labute approximate surface area is 97.2 Å². The number of nitrogens with one attached hydrogen (secondary N) is 2. The molecule has 0 spiro atoms. The van der Waals surface area contributed by atoms with E-state index in [1.54, 1.807) is 0 Å². The van der Waals surface area contributed by atoms with Gasteiger partial charge in [-0.3, -0.25) is 4.79 Å². The molecule has 1 fully saturated rings. The Bertz CT molecular complexity index is 219. The van der Waals surface area contributed by atoms with E-state index in [1.807, 2.05) is 0 Å². The number of aliphatic hydroxyl groups excluding tert-OH is 1. The fourth-order valence-electron chi connectivity index (χ4n) is 1.90. The predicted octanol–water partition coefficient (Wildman–Crippen LogP) is -0.833. The summed E-state index contributed by atoms with van der Waals surface area (Å²) < 4.78 is 0. The Hall–Kier alpha value is -0.650. The first-order valence-electron chi connectivity index (χ1n) is 6.06. The highest BCUT2D eigenvalue weighted by atomic mass is 16.3. The van der Waals surface area contributed by atoms with Gasteiger partial charge in [-0.2, -0.15) is 0 Å². The van der Waals surface area contributed by atoms with Crippen molar-refractivity contribution in [1.29, 1.82) is 0 Å². The molecule has 0 aromatic rings. The van der Waals surface area contributed by atoms with Gasteiger partial charge in [0.15, 0.2) is 0 Å². The number of hydrogen-bond donors (Lipinski definition) is 3. The van der Waals surface area contributed by atoms with E-state index in [2.05, 4.69) is 29.4 Å². The lowest BCUT2D eigenvalue weighted by Crippen LogP contribution is -2.42. The topological polar surface area (TPSA) is 64.6 Å². The molecule has 1 aliphatic rings. The summed E-state index contributed by atoms with van der Waals surface area (Å²) in [5, 5.41) is 15.8. The van der Waals surface area contributed by atoms with Crippen LogP contribution in [0.5, 0.6) is 0 Å². The predicted molar refractivity (Wildman–Crippen MR) is 63.2 cm³/mol. The van der Waals surface area contributed by atoms with Gasteiger partial charge in [-0.05, 0) is 13.1 Å². The second-order valence-electron chi connectivity index (χ2n) is 4.25. The minimum atomic E-state index is -0.365. The van der Waals surface area contributed by atoms with Gasteiger partial charge in [-0.1, -0.05) is 13.8 Å².